The average molecular weight is 198 g/mol. The number of nitrogens with two attached hydrogens (primary N) is 1. The third kappa shape index (κ3) is 2.51. The highest BCUT2D eigenvalue weighted by molar-refractivity contribution is 5.61. The molecule has 0 aromatic heterocycles. The molecule has 0 aliphatic heterocycles. The Bertz CT molecular complexity index is 302. The molecule has 0 fully saturated rings. The Hall–Kier alpha value is -1.46. The largest absolute Gasteiger partial charge is 0.491 e. The van der Waals surface area contributed by atoms with Crippen LogP contribution in [0.15, 0.2) is 18.2 Å². The van der Waals surface area contributed by atoms with Crippen molar-refractivity contribution in [3.8, 4) is 5.75 Å². The summed E-state index contributed by atoms with van der Waals surface area (Å²) in [6.45, 7) is 2.58. The van der Waals surface area contributed by atoms with Gasteiger partial charge in [-0.15, -0.1) is 5.23 Å². The second-order valence-electron chi connectivity index (χ2n) is 2.86. The molecule has 0 saturated heterocycles. The molecule has 0 bridgehead atoms. The van der Waals surface area contributed by atoms with Crippen molar-refractivity contribution in [1.82, 2.24) is 0 Å². The summed E-state index contributed by atoms with van der Waals surface area (Å²) in [7, 11) is 0. The van der Waals surface area contributed by atoms with Crippen molar-refractivity contribution in [2.45, 2.75) is 13.3 Å². The van der Waals surface area contributed by atoms with Crippen molar-refractivity contribution in [3.05, 3.63) is 18.2 Å². The minimum absolute atomic E-state index is 0.0138. The van der Waals surface area contributed by atoms with E-state index in [1.807, 2.05) is 6.92 Å². The van der Waals surface area contributed by atoms with E-state index in [-0.39, 0.29) is 10.9 Å². The molecule has 1 rings (SSSR count). The fourth-order valence-electron chi connectivity index (χ4n) is 1.00. The van der Waals surface area contributed by atoms with Crippen LogP contribution in [0.25, 0.3) is 0 Å². The summed E-state index contributed by atoms with van der Waals surface area (Å²) < 4.78 is 5.31. The third-order valence-corrected chi connectivity index (χ3v) is 1.69. The van der Waals surface area contributed by atoms with Crippen LogP contribution in [-0.4, -0.2) is 17.0 Å². The maximum absolute atomic E-state index is 8.71. The van der Waals surface area contributed by atoms with Crippen molar-refractivity contribution in [1.29, 1.82) is 0 Å². The normalized spacial score (nSPS) is 9.93. The molecule has 0 spiro atoms. The predicted octanol–water partition coefficient (Wildman–Crippen LogP) is 1.64. The van der Waals surface area contributed by atoms with Crippen molar-refractivity contribution < 1.29 is 15.2 Å². The molecule has 5 heteroatoms. The number of nitrogen functional groups attached to an aromatic ring is 1. The molecule has 0 heterocycles. The minimum atomic E-state index is 0.0138. The summed E-state index contributed by atoms with van der Waals surface area (Å²) in [5, 5.41) is 17.4. The SMILES string of the molecule is CCCOc1ccc(N(O)O)cc1N. The number of hydrogen-bond acceptors (Lipinski definition) is 5. The zero-order valence-corrected chi connectivity index (χ0v) is 7.97. The zero-order chi connectivity index (χ0) is 10.6. The highest BCUT2D eigenvalue weighted by Gasteiger charge is 2.04. The fourth-order valence-corrected chi connectivity index (χ4v) is 1.00. The Balaban J connectivity index is 2.79. The van der Waals surface area contributed by atoms with Crippen molar-refractivity contribution in [2.75, 3.05) is 17.6 Å². The van der Waals surface area contributed by atoms with E-state index in [1.165, 1.54) is 12.1 Å². The molecular weight excluding hydrogens is 184 g/mol. The zero-order valence-electron chi connectivity index (χ0n) is 7.97. The highest BCUT2D eigenvalue weighted by atomic mass is 16.8. The van der Waals surface area contributed by atoms with Gasteiger partial charge in [-0.05, 0) is 24.6 Å². The summed E-state index contributed by atoms with van der Waals surface area (Å²) in [5.74, 6) is 0.553. The number of rotatable bonds is 4. The first-order chi connectivity index (χ1) is 6.65. The van der Waals surface area contributed by atoms with Crippen LogP contribution in [0.1, 0.15) is 13.3 Å². The van der Waals surface area contributed by atoms with E-state index in [0.717, 1.165) is 6.42 Å². The van der Waals surface area contributed by atoms with Gasteiger partial charge in [-0.25, -0.2) is 0 Å². The van der Waals surface area contributed by atoms with Gasteiger partial charge in [0.1, 0.15) is 5.75 Å². The smallest absolute Gasteiger partial charge is 0.142 e. The molecule has 0 atom stereocenters. The molecule has 78 valence electrons. The Labute approximate surface area is 82.2 Å². The van der Waals surface area contributed by atoms with E-state index in [9.17, 15) is 0 Å². The lowest BCUT2D eigenvalue weighted by atomic mass is 10.2. The van der Waals surface area contributed by atoms with E-state index in [0.29, 0.717) is 18.0 Å². The second-order valence-corrected chi connectivity index (χ2v) is 2.86. The quantitative estimate of drug-likeness (QED) is 0.506. The van der Waals surface area contributed by atoms with Crippen molar-refractivity contribution >= 4 is 11.4 Å². The number of benzene rings is 1. The summed E-state index contributed by atoms with van der Waals surface area (Å²) in [6, 6.07) is 4.52. The lowest BCUT2D eigenvalue weighted by molar-refractivity contribution is 0.0292. The van der Waals surface area contributed by atoms with E-state index in [1.54, 1.807) is 6.07 Å². The summed E-state index contributed by atoms with van der Waals surface area (Å²) >= 11 is 0. The van der Waals surface area contributed by atoms with E-state index in [4.69, 9.17) is 20.9 Å². The number of hydrogen-bond donors (Lipinski definition) is 3. The Morgan fingerprint density at radius 1 is 1.43 bits per heavy atom. The summed E-state index contributed by atoms with van der Waals surface area (Å²) in [4.78, 5) is 0. The van der Waals surface area contributed by atoms with E-state index in [2.05, 4.69) is 0 Å². The Kier molecular flexibility index (Phi) is 3.55. The first kappa shape index (κ1) is 10.6. The monoisotopic (exact) mass is 198 g/mol. The molecule has 1 aromatic rings. The van der Waals surface area contributed by atoms with Crippen LogP contribution in [0, 0.1) is 0 Å². The van der Waals surface area contributed by atoms with Crippen molar-refractivity contribution in [3.63, 3.8) is 0 Å². The van der Waals surface area contributed by atoms with Gasteiger partial charge in [0.2, 0.25) is 0 Å². The van der Waals surface area contributed by atoms with Crippen LogP contribution < -0.4 is 15.7 Å². The number of ether oxygens (including phenoxy) is 1. The molecule has 0 unspecified atom stereocenters. The predicted molar refractivity (Wildman–Crippen MR) is 52.7 cm³/mol. The summed E-state index contributed by atoms with van der Waals surface area (Å²) in [6.07, 6.45) is 0.896. The van der Waals surface area contributed by atoms with Gasteiger partial charge in [-0.1, -0.05) is 6.92 Å². The first-order valence-corrected chi connectivity index (χ1v) is 4.35. The van der Waals surface area contributed by atoms with Gasteiger partial charge in [0.15, 0.2) is 0 Å². The Morgan fingerprint density at radius 3 is 2.64 bits per heavy atom. The third-order valence-electron chi connectivity index (χ3n) is 1.69. The van der Waals surface area contributed by atoms with Crippen LogP contribution >= 0.6 is 0 Å². The fraction of sp³-hybridized carbons (Fsp3) is 0.333. The van der Waals surface area contributed by atoms with E-state index < -0.39 is 0 Å². The van der Waals surface area contributed by atoms with Crippen LogP contribution in [0.3, 0.4) is 0 Å². The number of anilines is 2. The average Bonchev–Trinajstić information content (AvgIpc) is 2.15. The lowest BCUT2D eigenvalue weighted by Crippen LogP contribution is -2.11. The number of nitrogens with zero attached hydrogens (tertiary/aromatic N) is 1. The molecule has 0 amide bonds. The van der Waals surface area contributed by atoms with E-state index >= 15 is 0 Å². The minimum Gasteiger partial charge on any atom is -0.491 e. The van der Waals surface area contributed by atoms with Gasteiger partial charge in [-0.3, -0.25) is 10.4 Å². The van der Waals surface area contributed by atoms with Crippen LogP contribution in [-0.2, 0) is 0 Å². The molecule has 4 N–H and O–H groups in total. The lowest BCUT2D eigenvalue weighted by Gasteiger charge is -2.11. The highest BCUT2D eigenvalue weighted by Crippen LogP contribution is 2.26. The maximum atomic E-state index is 8.71. The molecule has 14 heavy (non-hydrogen) atoms. The molecule has 1 aromatic carbocycles. The van der Waals surface area contributed by atoms with Crippen LogP contribution in [0.2, 0.25) is 0 Å². The maximum Gasteiger partial charge on any atom is 0.142 e. The molecule has 5 nitrogen and oxygen atoms in total. The van der Waals surface area contributed by atoms with Gasteiger partial charge < -0.3 is 10.5 Å². The van der Waals surface area contributed by atoms with Crippen molar-refractivity contribution in [2.24, 2.45) is 0 Å². The first-order valence-electron chi connectivity index (χ1n) is 4.35. The summed E-state index contributed by atoms with van der Waals surface area (Å²) in [5.41, 5.74) is 6.21. The van der Waals surface area contributed by atoms with Gasteiger partial charge in [-0.2, -0.15) is 0 Å². The molecule has 0 radical (unpaired) electrons. The van der Waals surface area contributed by atoms with Gasteiger partial charge in [0.05, 0.1) is 18.0 Å². The molecule has 0 aliphatic carbocycles. The second kappa shape index (κ2) is 4.69. The van der Waals surface area contributed by atoms with Gasteiger partial charge >= 0.3 is 0 Å². The Morgan fingerprint density at radius 2 is 2.14 bits per heavy atom. The molecule has 0 saturated carbocycles. The molecular formula is C9H14N2O3. The van der Waals surface area contributed by atoms with Crippen LogP contribution in [0.4, 0.5) is 11.4 Å². The van der Waals surface area contributed by atoms with Crippen LogP contribution in [0.5, 0.6) is 5.75 Å². The molecule has 0 aliphatic rings. The van der Waals surface area contributed by atoms with Gasteiger partial charge in [0.25, 0.3) is 0 Å². The van der Waals surface area contributed by atoms with Gasteiger partial charge in [0, 0.05) is 0 Å². The standard InChI is InChI=1S/C9H14N2O3/c1-2-5-14-9-4-3-7(11(12)13)6-8(9)10/h3-4,6,12-13H,2,5,10H2,1H3. The topological polar surface area (TPSA) is 79.0 Å².